The van der Waals surface area contributed by atoms with Gasteiger partial charge in [0.05, 0.1) is 11.9 Å². The van der Waals surface area contributed by atoms with E-state index in [0.29, 0.717) is 33.4 Å². The van der Waals surface area contributed by atoms with Crippen LogP contribution in [0.15, 0.2) is 40.9 Å². The largest absolute Gasteiger partial charge is 0.454 e. The first kappa shape index (κ1) is 17.4. The maximum Gasteiger partial charge on any atom is 0.264 e. The topological polar surface area (TPSA) is 113 Å². The third-order valence-corrected chi connectivity index (χ3v) is 5.21. The van der Waals surface area contributed by atoms with E-state index in [4.69, 9.17) is 9.47 Å². The third kappa shape index (κ3) is 3.10. The fourth-order valence-electron chi connectivity index (χ4n) is 3.01. The fourth-order valence-corrected chi connectivity index (χ4v) is 3.75. The second kappa shape index (κ2) is 6.71. The van der Waals surface area contributed by atoms with Gasteiger partial charge >= 0.3 is 0 Å². The highest BCUT2D eigenvalue weighted by Gasteiger charge is 2.16. The molecule has 1 amide bonds. The monoisotopic (exact) mass is 410 g/mol. The summed E-state index contributed by atoms with van der Waals surface area (Å²) in [5.41, 5.74) is 1.71. The molecular formula is C18H14N6O4S. The molecule has 5 rings (SSSR count). The van der Waals surface area contributed by atoms with Gasteiger partial charge in [0.15, 0.2) is 22.3 Å². The van der Waals surface area contributed by atoms with E-state index in [1.165, 1.54) is 33.1 Å². The number of rotatable bonds is 4. The Bertz CT molecular complexity index is 1310. The van der Waals surface area contributed by atoms with Gasteiger partial charge in [-0.25, -0.2) is 9.97 Å². The Hall–Kier alpha value is -3.73. The molecule has 0 bridgehead atoms. The lowest BCUT2D eigenvalue weighted by Crippen LogP contribution is -2.27. The molecule has 1 aliphatic heterocycles. The molecule has 11 heteroatoms. The highest BCUT2D eigenvalue weighted by atomic mass is 32.1. The van der Waals surface area contributed by atoms with Crippen molar-refractivity contribution in [3.63, 3.8) is 0 Å². The molecule has 4 heterocycles. The van der Waals surface area contributed by atoms with Crippen LogP contribution in [-0.4, -0.2) is 37.0 Å². The summed E-state index contributed by atoms with van der Waals surface area (Å²) in [5, 5.41) is 9.37. The normalized spacial score (nSPS) is 12.4. The number of thiazole rings is 1. The SMILES string of the molecule is Cn1ncc2c(=O)n(CC(=O)Nc3nc(-c4ccc5c(c4)OCO5)cs3)cnc21. The lowest BCUT2D eigenvalue weighted by molar-refractivity contribution is -0.116. The Morgan fingerprint density at radius 3 is 3.07 bits per heavy atom. The van der Waals surface area contributed by atoms with Crippen molar-refractivity contribution >= 4 is 33.4 Å². The Labute approximate surface area is 167 Å². The lowest BCUT2D eigenvalue weighted by Gasteiger charge is -2.05. The number of aryl methyl sites for hydroxylation is 1. The van der Waals surface area contributed by atoms with E-state index < -0.39 is 0 Å². The molecule has 146 valence electrons. The zero-order valence-corrected chi connectivity index (χ0v) is 16.0. The summed E-state index contributed by atoms with van der Waals surface area (Å²) < 4.78 is 13.4. The van der Waals surface area contributed by atoms with Gasteiger partial charge in [-0.05, 0) is 18.2 Å². The minimum Gasteiger partial charge on any atom is -0.454 e. The molecule has 0 saturated heterocycles. The predicted octanol–water partition coefficient (Wildman–Crippen LogP) is 1.62. The molecule has 29 heavy (non-hydrogen) atoms. The zero-order valence-electron chi connectivity index (χ0n) is 15.2. The third-order valence-electron chi connectivity index (χ3n) is 4.45. The highest BCUT2D eigenvalue weighted by molar-refractivity contribution is 7.14. The van der Waals surface area contributed by atoms with Crippen LogP contribution in [0.5, 0.6) is 11.5 Å². The number of carbonyl (C=O) groups excluding carboxylic acids is 1. The summed E-state index contributed by atoms with van der Waals surface area (Å²) in [6, 6.07) is 5.54. The van der Waals surface area contributed by atoms with Crippen molar-refractivity contribution in [2.24, 2.45) is 7.05 Å². The van der Waals surface area contributed by atoms with Crippen molar-refractivity contribution in [3.8, 4) is 22.8 Å². The van der Waals surface area contributed by atoms with Gasteiger partial charge in [-0.15, -0.1) is 11.3 Å². The van der Waals surface area contributed by atoms with Crippen molar-refractivity contribution in [2.45, 2.75) is 6.54 Å². The van der Waals surface area contributed by atoms with Crippen LogP contribution < -0.4 is 20.3 Å². The number of hydrogen-bond acceptors (Lipinski definition) is 8. The van der Waals surface area contributed by atoms with Gasteiger partial charge in [-0.3, -0.25) is 18.8 Å². The number of aromatic nitrogens is 5. The molecule has 10 nitrogen and oxygen atoms in total. The van der Waals surface area contributed by atoms with E-state index >= 15 is 0 Å². The van der Waals surface area contributed by atoms with Crippen LogP contribution in [-0.2, 0) is 18.4 Å². The van der Waals surface area contributed by atoms with Crippen molar-refractivity contribution in [2.75, 3.05) is 12.1 Å². The van der Waals surface area contributed by atoms with E-state index in [0.717, 1.165) is 5.56 Å². The number of ether oxygens (including phenoxy) is 2. The standard InChI is InChI=1S/C18H14N6O4S/c1-23-16-11(5-20-23)17(26)24(8-19-16)6-15(25)22-18-21-12(7-29-18)10-2-3-13-14(4-10)28-9-27-13/h2-5,7-8H,6,9H2,1H3,(H,21,22,25). The number of benzene rings is 1. The lowest BCUT2D eigenvalue weighted by atomic mass is 10.1. The predicted molar refractivity (Wildman–Crippen MR) is 105 cm³/mol. The fraction of sp³-hybridized carbons (Fsp3) is 0.167. The second-order valence-corrected chi connectivity index (χ2v) is 7.20. The quantitative estimate of drug-likeness (QED) is 0.544. The van der Waals surface area contributed by atoms with Crippen LogP contribution in [0.4, 0.5) is 5.13 Å². The van der Waals surface area contributed by atoms with E-state index in [1.807, 2.05) is 23.6 Å². The zero-order chi connectivity index (χ0) is 20.0. The molecule has 4 aromatic rings. The molecule has 0 aliphatic carbocycles. The summed E-state index contributed by atoms with van der Waals surface area (Å²) >= 11 is 1.30. The van der Waals surface area contributed by atoms with Crippen LogP contribution in [0.1, 0.15) is 0 Å². The van der Waals surface area contributed by atoms with Gasteiger partial charge in [0, 0.05) is 18.0 Å². The van der Waals surface area contributed by atoms with Crippen LogP contribution in [0, 0.1) is 0 Å². The molecule has 0 fully saturated rings. The molecular weight excluding hydrogens is 396 g/mol. The number of fused-ring (bicyclic) bond motifs is 2. The first-order valence-electron chi connectivity index (χ1n) is 8.61. The number of nitrogens with zero attached hydrogens (tertiary/aromatic N) is 5. The first-order valence-corrected chi connectivity index (χ1v) is 9.49. The number of nitrogens with one attached hydrogen (secondary N) is 1. The molecule has 1 aromatic carbocycles. The minimum atomic E-state index is -0.372. The first-order chi connectivity index (χ1) is 14.1. The Morgan fingerprint density at radius 1 is 1.31 bits per heavy atom. The Kier molecular flexibility index (Phi) is 4.02. The van der Waals surface area contributed by atoms with Crippen molar-refractivity contribution in [1.29, 1.82) is 0 Å². The Balaban J connectivity index is 1.32. The maximum absolute atomic E-state index is 12.5. The highest BCUT2D eigenvalue weighted by Crippen LogP contribution is 2.36. The van der Waals surface area contributed by atoms with Gasteiger partial charge in [-0.2, -0.15) is 5.10 Å². The van der Waals surface area contributed by atoms with Crippen molar-refractivity contribution in [3.05, 3.63) is 46.5 Å². The summed E-state index contributed by atoms with van der Waals surface area (Å²) in [7, 11) is 1.70. The van der Waals surface area contributed by atoms with Crippen molar-refractivity contribution < 1.29 is 14.3 Å². The van der Waals surface area contributed by atoms with Crippen LogP contribution >= 0.6 is 11.3 Å². The second-order valence-electron chi connectivity index (χ2n) is 6.34. The molecule has 0 radical (unpaired) electrons. The molecule has 0 atom stereocenters. The average molecular weight is 410 g/mol. The smallest absolute Gasteiger partial charge is 0.264 e. The molecule has 0 saturated carbocycles. The molecule has 3 aromatic heterocycles. The summed E-state index contributed by atoms with van der Waals surface area (Å²) in [6.07, 6.45) is 2.78. The number of hydrogen-bond donors (Lipinski definition) is 1. The molecule has 1 N–H and O–H groups in total. The van der Waals surface area contributed by atoms with Gasteiger partial charge in [-0.1, -0.05) is 0 Å². The minimum absolute atomic E-state index is 0.171. The van der Waals surface area contributed by atoms with Gasteiger partial charge in [0.2, 0.25) is 12.7 Å². The number of carbonyl (C=O) groups is 1. The molecule has 0 unspecified atom stereocenters. The van der Waals surface area contributed by atoms with E-state index in [-0.39, 0.29) is 24.8 Å². The van der Waals surface area contributed by atoms with Crippen LogP contribution in [0.25, 0.3) is 22.3 Å². The van der Waals surface area contributed by atoms with Crippen LogP contribution in [0.2, 0.25) is 0 Å². The van der Waals surface area contributed by atoms with E-state index in [2.05, 4.69) is 20.4 Å². The molecule has 0 spiro atoms. The summed E-state index contributed by atoms with van der Waals surface area (Å²) in [6.45, 7) is 0.0336. The number of amides is 1. The summed E-state index contributed by atoms with van der Waals surface area (Å²) in [5.74, 6) is 0.990. The van der Waals surface area contributed by atoms with E-state index in [9.17, 15) is 9.59 Å². The average Bonchev–Trinajstić information content (AvgIpc) is 3.44. The van der Waals surface area contributed by atoms with Gasteiger partial charge < -0.3 is 14.8 Å². The van der Waals surface area contributed by atoms with Gasteiger partial charge in [0.25, 0.3) is 5.56 Å². The van der Waals surface area contributed by atoms with Gasteiger partial charge in [0.1, 0.15) is 18.3 Å². The van der Waals surface area contributed by atoms with Crippen molar-refractivity contribution in [1.82, 2.24) is 24.3 Å². The number of anilines is 1. The Morgan fingerprint density at radius 2 is 2.17 bits per heavy atom. The van der Waals surface area contributed by atoms with E-state index in [1.54, 1.807) is 7.05 Å². The summed E-state index contributed by atoms with van der Waals surface area (Å²) in [4.78, 5) is 33.5. The maximum atomic E-state index is 12.5. The molecule has 1 aliphatic rings. The van der Waals surface area contributed by atoms with Crippen LogP contribution in [0.3, 0.4) is 0 Å².